The molecule has 4 aliphatic carbocycles. The third-order valence-electron chi connectivity index (χ3n) is 13.9. The minimum Gasteiger partial charge on any atom is -0.455 e. The Morgan fingerprint density at radius 2 is 1.21 bits per heavy atom. The van der Waals surface area contributed by atoms with E-state index in [1.165, 1.54) is 69.6 Å². The summed E-state index contributed by atoms with van der Waals surface area (Å²) in [5.74, 6) is 3.42. The molecule has 10 aromatic rings. The Bertz CT molecular complexity index is 3230. The summed E-state index contributed by atoms with van der Waals surface area (Å²) in [4.78, 5) is 14.9. The first-order chi connectivity index (χ1) is 28.6. The van der Waals surface area contributed by atoms with Gasteiger partial charge in [-0.3, -0.25) is 4.98 Å². The van der Waals surface area contributed by atoms with Gasteiger partial charge in [-0.2, -0.15) is 0 Å². The highest BCUT2D eigenvalue weighted by molar-refractivity contribution is 7.25. The molecule has 278 valence electrons. The summed E-state index contributed by atoms with van der Waals surface area (Å²) in [5, 5.41) is 7.13. The predicted octanol–water partition coefficient (Wildman–Crippen LogP) is 14.4. The van der Waals surface area contributed by atoms with Crippen molar-refractivity contribution in [1.82, 2.24) is 15.0 Å². The zero-order chi connectivity index (χ0) is 38.0. The maximum absolute atomic E-state index is 6.91. The molecule has 4 bridgehead atoms. The summed E-state index contributed by atoms with van der Waals surface area (Å²) in [6.07, 6.45) is 12.1. The van der Waals surface area contributed by atoms with Crippen molar-refractivity contribution in [2.45, 2.75) is 43.9 Å². The lowest BCUT2D eigenvalue weighted by molar-refractivity contribution is -0.00518. The molecule has 4 aliphatic rings. The molecule has 4 aromatic heterocycles. The summed E-state index contributed by atoms with van der Waals surface area (Å²) >= 11 is 1.83. The van der Waals surface area contributed by atoms with Gasteiger partial charge in [0.15, 0.2) is 5.82 Å². The van der Waals surface area contributed by atoms with Crippen molar-refractivity contribution in [2.75, 3.05) is 0 Å². The molecule has 0 aliphatic heterocycles. The van der Waals surface area contributed by atoms with Crippen molar-refractivity contribution >= 4 is 64.2 Å². The van der Waals surface area contributed by atoms with Crippen LogP contribution >= 0.6 is 11.3 Å². The van der Waals surface area contributed by atoms with Crippen molar-refractivity contribution in [1.29, 1.82) is 0 Å². The van der Waals surface area contributed by atoms with E-state index in [0.29, 0.717) is 11.2 Å². The molecular formula is C53H39N3OS. The average Bonchev–Trinajstić information content (AvgIpc) is 3.82. The first-order valence-corrected chi connectivity index (χ1v) is 21.6. The molecule has 4 fully saturated rings. The molecule has 0 N–H and O–H groups in total. The van der Waals surface area contributed by atoms with Crippen LogP contribution in [0.5, 0.6) is 0 Å². The summed E-state index contributed by atoms with van der Waals surface area (Å²) in [5.41, 5.74) is 10.6. The summed E-state index contributed by atoms with van der Waals surface area (Å²) in [6, 6.07) is 48.8. The van der Waals surface area contributed by atoms with Gasteiger partial charge in [0.05, 0.1) is 11.4 Å². The summed E-state index contributed by atoms with van der Waals surface area (Å²) in [7, 11) is 0. The van der Waals surface area contributed by atoms with E-state index < -0.39 is 0 Å². The maximum Gasteiger partial charge on any atom is 0.160 e. The Balaban J connectivity index is 1.01. The fourth-order valence-corrected chi connectivity index (χ4v) is 12.8. The lowest BCUT2D eigenvalue weighted by Crippen LogP contribution is -2.48. The van der Waals surface area contributed by atoms with Gasteiger partial charge in [-0.1, -0.05) is 78.9 Å². The number of aromatic nitrogens is 3. The first kappa shape index (κ1) is 32.9. The van der Waals surface area contributed by atoms with Crippen LogP contribution in [0.2, 0.25) is 0 Å². The van der Waals surface area contributed by atoms with Crippen molar-refractivity contribution in [3.63, 3.8) is 0 Å². The van der Waals surface area contributed by atoms with E-state index in [-0.39, 0.29) is 0 Å². The van der Waals surface area contributed by atoms with Crippen molar-refractivity contribution in [3.8, 4) is 45.0 Å². The van der Waals surface area contributed by atoms with Crippen LogP contribution in [0.15, 0.2) is 150 Å². The summed E-state index contributed by atoms with van der Waals surface area (Å²) < 4.78 is 9.44. The van der Waals surface area contributed by atoms with E-state index in [1.807, 2.05) is 35.9 Å². The second kappa shape index (κ2) is 12.4. The predicted molar refractivity (Wildman–Crippen MR) is 239 cm³/mol. The number of hydrogen-bond donors (Lipinski definition) is 0. The second-order valence-corrected chi connectivity index (χ2v) is 18.6. The Morgan fingerprint density at radius 1 is 0.517 bits per heavy atom. The van der Waals surface area contributed by atoms with Crippen molar-refractivity contribution < 1.29 is 4.42 Å². The Hall–Kier alpha value is -6.17. The number of furan rings is 1. The number of thiophene rings is 1. The van der Waals surface area contributed by atoms with E-state index in [1.54, 1.807) is 5.56 Å². The Labute approximate surface area is 340 Å². The van der Waals surface area contributed by atoms with Gasteiger partial charge in [0.2, 0.25) is 0 Å². The molecule has 14 rings (SSSR count). The van der Waals surface area contributed by atoms with E-state index in [2.05, 4.69) is 126 Å². The molecule has 4 heterocycles. The van der Waals surface area contributed by atoms with E-state index in [9.17, 15) is 0 Å². The van der Waals surface area contributed by atoms with Crippen LogP contribution in [0.4, 0.5) is 0 Å². The third-order valence-corrected chi connectivity index (χ3v) is 15.1. The van der Waals surface area contributed by atoms with Gasteiger partial charge in [0, 0.05) is 60.0 Å². The van der Waals surface area contributed by atoms with Gasteiger partial charge >= 0.3 is 0 Å². The molecule has 0 amide bonds. The molecule has 0 saturated heterocycles. The number of hydrogen-bond acceptors (Lipinski definition) is 5. The van der Waals surface area contributed by atoms with Crippen molar-refractivity contribution in [2.24, 2.45) is 17.8 Å². The lowest BCUT2D eigenvalue weighted by atomic mass is 9.48. The molecule has 6 aromatic carbocycles. The highest BCUT2D eigenvalue weighted by Crippen LogP contribution is 2.61. The van der Waals surface area contributed by atoms with Crippen LogP contribution in [0.1, 0.15) is 44.1 Å². The zero-order valence-corrected chi connectivity index (χ0v) is 32.8. The van der Waals surface area contributed by atoms with E-state index in [4.69, 9.17) is 14.4 Å². The number of benzene rings is 6. The Morgan fingerprint density at radius 3 is 2.00 bits per heavy atom. The zero-order valence-electron chi connectivity index (χ0n) is 32.0. The minimum atomic E-state index is 0.365. The lowest BCUT2D eigenvalue weighted by Gasteiger charge is -2.57. The standard InChI is InChI=1S/C53H39N3OS/c1-2-6-37-25-48-43(22-36(37)5-1)44-23-39(34-9-12-40(13-10-34)53-28-31-19-32(29-53)21-33(20-31)30-53)24-45(51(44)57-48)47-27-46(55-52(56-47)35-15-17-54-18-16-35)38-11-14-42-41-7-3-4-8-49(41)58-50(42)26-38/h1-18,22-27,31-33H,19-21,28-30H2. The molecule has 4 nitrogen and oxygen atoms in total. The van der Waals surface area contributed by atoms with Gasteiger partial charge in [-0.25, -0.2) is 9.97 Å². The average molecular weight is 766 g/mol. The number of pyridine rings is 1. The number of rotatable bonds is 5. The summed E-state index contributed by atoms with van der Waals surface area (Å²) in [6.45, 7) is 0. The molecular weight excluding hydrogens is 727 g/mol. The van der Waals surface area contributed by atoms with Gasteiger partial charge in [-0.15, -0.1) is 11.3 Å². The SMILES string of the molecule is c1ccc2cc3c(cc2c1)oc1c(-c2cc(-c4ccc5c(c4)sc4ccccc45)nc(-c4ccncc4)n2)cc(-c2ccc(C45CC6CC(CC(C6)C4)C5)cc2)cc13. The smallest absolute Gasteiger partial charge is 0.160 e. The van der Waals surface area contributed by atoms with Gasteiger partial charge in [-0.05, 0) is 144 Å². The monoisotopic (exact) mass is 765 g/mol. The van der Waals surface area contributed by atoms with Gasteiger partial charge in [0.1, 0.15) is 11.2 Å². The molecule has 4 saturated carbocycles. The normalized spacial score (nSPS) is 21.3. The number of nitrogens with zero attached hydrogens (tertiary/aromatic N) is 3. The second-order valence-electron chi connectivity index (χ2n) is 17.5. The van der Waals surface area contributed by atoms with Gasteiger partial charge < -0.3 is 4.42 Å². The maximum atomic E-state index is 6.91. The van der Waals surface area contributed by atoms with E-state index in [0.717, 1.165) is 78.7 Å². The third kappa shape index (κ3) is 5.15. The Kier molecular flexibility index (Phi) is 7.04. The number of fused-ring (bicyclic) bond motifs is 7. The van der Waals surface area contributed by atoms with E-state index >= 15 is 0 Å². The molecule has 0 atom stereocenters. The molecule has 0 unspecified atom stereocenters. The largest absolute Gasteiger partial charge is 0.455 e. The molecule has 58 heavy (non-hydrogen) atoms. The minimum absolute atomic E-state index is 0.365. The van der Waals surface area contributed by atoms with Crippen LogP contribution in [0.25, 0.3) is 97.9 Å². The van der Waals surface area contributed by atoms with Crippen LogP contribution in [0, 0.1) is 17.8 Å². The van der Waals surface area contributed by atoms with Crippen LogP contribution in [-0.2, 0) is 5.41 Å². The quantitative estimate of drug-likeness (QED) is 0.175. The first-order valence-electron chi connectivity index (χ1n) is 20.8. The highest BCUT2D eigenvalue weighted by Gasteiger charge is 2.51. The molecule has 5 heteroatoms. The van der Waals surface area contributed by atoms with Crippen LogP contribution in [0.3, 0.4) is 0 Å². The van der Waals surface area contributed by atoms with Gasteiger partial charge in [0.25, 0.3) is 0 Å². The molecule has 0 radical (unpaired) electrons. The highest BCUT2D eigenvalue weighted by atomic mass is 32.1. The van der Waals surface area contributed by atoms with Crippen LogP contribution in [-0.4, -0.2) is 15.0 Å². The van der Waals surface area contributed by atoms with Crippen molar-refractivity contribution in [3.05, 3.63) is 151 Å². The van der Waals surface area contributed by atoms with Crippen LogP contribution < -0.4 is 0 Å². The fraction of sp³-hybridized carbons (Fsp3) is 0.189. The molecule has 0 spiro atoms. The fourth-order valence-electron chi connectivity index (χ4n) is 11.6. The topological polar surface area (TPSA) is 51.8 Å².